The largest absolute Gasteiger partial charge is 0.495 e. The van der Waals surface area contributed by atoms with Gasteiger partial charge in [0.25, 0.3) is 0 Å². The van der Waals surface area contributed by atoms with Gasteiger partial charge in [0.1, 0.15) is 16.7 Å². The molecule has 10 nitrogen and oxygen atoms in total. The topological polar surface area (TPSA) is 125 Å². The Hall–Kier alpha value is -4.36. The zero-order chi connectivity index (χ0) is 35.0. The van der Waals surface area contributed by atoms with Crippen molar-refractivity contribution >= 4 is 70.2 Å². The summed E-state index contributed by atoms with van der Waals surface area (Å²) in [5.74, 6) is 0.898. The number of thioether (sulfide) groups is 2. The zero-order valence-corrected chi connectivity index (χ0v) is 30.0. The number of carbonyl (C=O) groups is 2. The lowest BCUT2D eigenvalue weighted by Crippen LogP contribution is -2.07. The second-order valence-corrected chi connectivity index (χ2v) is 12.4. The molecule has 0 saturated carbocycles. The highest BCUT2D eigenvalue weighted by molar-refractivity contribution is 8.00. The first-order valence-electron chi connectivity index (χ1n) is 15.0. The Kier molecular flexibility index (Phi) is 15.0. The van der Waals surface area contributed by atoms with Crippen LogP contribution in [0, 0.1) is 0 Å². The summed E-state index contributed by atoms with van der Waals surface area (Å²) in [7, 11) is 1.57. The number of ether oxygens (including phenoxy) is 3. The number of methoxy groups -OCH3 is 1. The quantitative estimate of drug-likeness (QED) is 0.0538. The number of aromatic nitrogens is 4. The molecule has 0 spiro atoms. The average Bonchev–Trinajstić information content (AvgIpc) is 3.11. The molecule has 0 aliphatic rings. The lowest BCUT2D eigenvalue weighted by molar-refractivity contribution is -0.140. The van der Waals surface area contributed by atoms with Crippen LogP contribution < -0.4 is 10.1 Å². The van der Waals surface area contributed by atoms with E-state index in [1.807, 2.05) is 72.8 Å². The van der Waals surface area contributed by atoms with Crippen LogP contribution in [0.1, 0.15) is 13.8 Å². The fourth-order valence-corrected chi connectivity index (χ4v) is 5.88. The van der Waals surface area contributed by atoms with E-state index in [-0.39, 0.29) is 23.4 Å². The Morgan fingerprint density at radius 3 is 1.73 bits per heavy atom. The number of benzene rings is 3. The molecule has 0 saturated heterocycles. The van der Waals surface area contributed by atoms with Gasteiger partial charge in [-0.15, -0.1) is 0 Å². The van der Waals surface area contributed by atoms with Gasteiger partial charge in [0, 0.05) is 28.9 Å². The van der Waals surface area contributed by atoms with Gasteiger partial charge in [-0.3, -0.25) is 9.59 Å². The molecule has 0 bridgehead atoms. The fraction of sp³-hybridized carbons (Fsp3) is 0.200. The molecular formula is C35H33Cl2N5O5S2. The third kappa shape index (κ3) is 12.2. The van der Waals surface area contributed by atoms with Crippen LogP contribution in [-0.2, 0) is 19.1 Å². The average molecular weight is 739 g/mol. The maximum atomic E-state index is 11.7. The molecule has 0 atom stereocenters. The van der Waals surface area contributed by atoms with E-state index >= 15 is 0 Å². The summed E-state index contributed by atoms with van der Waals surface area (Å²) in [6.45, 7) is 4.25. The highest BCUT2D eigenvalue weighted by Gasteiger charge is 2.12. The first-order valence-corrected chi connectivity index (χ1v) is 17.7. The van der Waals surface area contributed by atoms with Crippen LogP contribution in [-0.4, -0.2) is 63.7 Å². The van der Waals surface area contributed by atoms with Gasteiger partial charge in [-0.25, -0.2) is 19.9 Å². The van der Waals surface area contributed by atoms with Crippen molar-refractivity contribution in [2.45, 2.75) is 24.2 Å². The van der Waals surface area contributed by atoms with Crippen molar-refractivity contribution in [1.29, 1.82) is 0 Å². The van der Waals surface area contributed by atoms with Crippen LogP contribution in [0.4, 0.5) is 11.5 Å². The predicted molar refractivity (Wildman–Crippen MR) is 196 cm³/mol. The van der Waals surface area contributed by atoms with Crippen LogP contribution in [0.3, 0.4) is 0 Å². The first kappa shape index (κ1) is 37.5. The molecule has 14 heteroatoms. The van der Waals surface area contributed by atoms with Crippen molar-refractivity contribution in [1.82, 2.24) is 19.9 Å². The molecule has 3 aromatic carbocycles. The van der Waals surface area contributed by atoms with Gasteiger partial charge in [-0.1, -0.05) is 107 Å². The molecule has 0 amide bonds. The van der Waals surface area contributed by atoms with Crippen molar-refractivity contribution in [3.63, 3.8) is 0 Å². The number of hydrogen-bond donors (Lipinski definition) is 1. The van der Waals surface area contributed by atoms with Crippen molar-refractivity contribution in [2.24, 2.45) is 0 Å². The van der Waals surface area contributed by atoms with Crippen molar-refractivity contribution < 1.29 is 23.8 Å². The summed E-state index contributed by atoms with van der Waals surface area (Å²) in [5, 5.41) is 5.02. The lowest BCUT2D eigenvalue weighted by atomic mass is 10.1. The van der Waals surface area contributed by atoms with Crippen LogP contribution in [0.15, 0.2) is 101 Å². The van der Waals surface area contributed by atoms with Crippen LogP contribution in [0.2, 0.25) is 10.2 Å². The van der Waals surface area contributed by atoms with E-state index < -0.39 is 0 Å². The zero-order valence-electron chi connectivity index (χ0n) is 26.9. The van der Waals surface area contributed by atoms with E-state index in [1.165, 1.54) is 23.5 Å². The Labute approximate surface area is 303 Å². The summed E-state index contributed by atoms with van der Waals surface area (Å²) in [4.78, 5) is 40.6. The summed E-state index contributed by atoms with van der Waals surface area (Å²) in [6.07, 6.45) is 0. The number of hydrogen-bond acceptors (Lipinski definition) is 12. The number of rotatable bonds is 13. The van der Waals surface area contributed by atoms with Crippen LogP contribution in [0.25, 0.3) is 22.5 Å². The molecule has 2 aromatic heterocycles. The molecule has 0 aliphatic heterocycles. The SMILES string of the molecule is CCOC(=O)CSc1nc(Cl)cc(-c2ccccc2)n1.CCOC(=O)CSc1nc(Nc2ccc(OC)c(Cl)c2)cc(-c2ccccc2)n1. The minimum absolute atomic E-state index is 0.139. The van der Waals surface area contributed by atoms with E-state index in [9.17, 15) is 9.59 Å². The summed E-state index contributed by atoms with van der Waals surface area (Å²) in [5.41, 5.74) is 4.14. The molecule has 0 aliphatic carbocycles. The first-order chi connectivity index (χ1) is 23.8. The Balaban J connectivity index is 0.000000237. The summed E-state index contributed by atoms with van der Waals surface area (Å²) < 4.78 is 15.0. The van der Waals surface area contributed by atoms with Gasteiger partial charge in [0.15, 0.2) is 10.3 Å². The van der Waals surface area contributed by atoms with Crippen molar-refractivity contribution in [2.75, 3.05) is 37.1 Å². The third-order valence-corrected chi connectivity index (χ3v) is 8.32. The third-order valence-electron chi connectivity index (χ3n) is 6.19. The maximum Gasteiger partial charge on any atom is 0.316 e. The molecule has 2 heterocycles. The second-order valence-electron chi connectivity index (χ2n) is 9.67. The Morgan fingerprint density at radius 2 is 1.22 bits per heavy atom. The van der Waals surface area contributed by atoms with E-state index in [2.05, 4.69) is 25.3 Å². The smallest absolute Gasteiger partial charge is 0.316 e. The molecule has 1 N–H and O–H groups in total. The molecule has 0 unspecified atom stereocenters. The molecular weight excluding hydrogens is 705 g/mol. The van der Waals surface area contributed by atoms with Crippen LogP contribution >= 0.6 is 46.7 Å². The molecule has 0 radical (unpaired) electrons. The second kappa shape index (κ2) is 19.6. The minimum Gasteiger partial charge on any atom is -0.495 e. The van der Waals surface area contributed by atoms with Crippen molar-refractivity contribution in [3.05, 3.63) is 101 Å². The summed E-state index contributed by atoms with van der Waals surface area (Å²) in [6, 6.07) is 28.4. The monoisotopic (exact) mass is 737 g/mol. The van der Waals surface area contributed by atoms with Gasteiger partial charge >= 0.3 is 11.9 Å². The maximum absolute atomic E-state index is 11.7. The van der Waals surface area contributed by atoms with Gasteiger partial charge in [0.2, 0.25) is 0 Å². The van der Waals surface area contributed by atoms with Crippen molar-refractivity contribution in [3.8, 4) is 28.3 Å². The number of anilines is 2. The lowest BCUT2D eigenvalue weighted by Gasteiger charge is -2.11. The highest BCUT2D eigenvalue weighted by atomic mass is 35.5. The van der Waals surface area contributed by atoms with Gasteiger partial charge in [-0.2, -0.15) is 0 Å². The van der Waals surface area contributed by atoms with E-state index in [0.717, 1.165) is 28.2 Å². The number of nitrogens with zero attached hydrogens (tertiary/aromatic N) is 4. The standard InChI is InChI=1S/C21H20ClN3O3S.C14H13ClN2O2S/c1-3-28-20(26)13-29-21-24-17(14-7-5-4-6-8-14)12-19(25-21)23-15-9-10-18(27-2)16(22)11-15;1-2-19-13(18)9-20-14-16-11(8-12(15)17-14)10-6-4-3-5-7-10/h4-12H,3,13H2,1-2H3,(H,23,24,25);3-8H,2,9H2,1H3. The molecule has 49 heavy (non-hydrogen) atoms. The fourth-order valence-electron chi connectivity index (χ4n) is 4.07. The Bertz CT molecular complexity index is 1840. The van der Waals surface area contributed by atoms with Gasteiger partial charge < -0.3 is 19.5 Å². The number of nitrogens with one attached hydrogen (secondary N) is 1. The van der Waals surface area contributed by atoms with E-state index in [4.69, 9.17) is 37.4 Å². The summed E-state index contributed by atoms with van der Waals surface area (Å²) >= 11 is 14.6. The number of halogens is 2. The van der Waals surface area contributed by atoms with E-state index in [1.54, 1.807) is 39.2 Å². The number of esters is 2. The number of carbonyl (C=O) groups excluding carboxylic acids is 2. The van der Waals surface area contributed by atoms with Crippen LogP contribution in [0.5, 0.6) is 5.75 Å². The predicted octanol–water partition coefficient (Wildman–Crippen LogP) is 8.66. The minimum atomic E-state index is -0.303. The molecule has 5 rings (SSSR count). The highest BCUT2D eigenvalue weighted by Crippen LogP contribution is 2.30. The molecule has 5 aromatic rings. The Morgan fingerprint density at radius 1 is 0.694 bits per heavy atom. The van der Waals surface area contributed by atoms with E-state index in [0.29, 0.717) is 45.3 Å². The van der Waals surface area contributed by atoms with Gasteiger partial charge in [-0.05, 0) is 32.0 Å². The molecule has 0 fully saturated rings. The normalized spacial score (nSPS) is 10.4. The molecule has 254 valence electrons. The van der Waals surface area contributed by atoms with Gasteiger partial charge in [0.05, 0.1) is 48.2 Å².